The number of esters is 2. The Balaban J connectivity index is -0.000000240. The second-order valence-electron chi connectivity index (χ2n) is 9.12. The highest BCUT2D eigenvalue weighted by atomic mass is 35.5. The van der Waals surface area contributed by atoms with E-state index in [4.69, 9.17) is 9.47 Å². The Labute approximate surface area is 238 Å². The van der Waals surface area contributed by atoms with Crippen LogP contribution in [-0.4, -0.2) is 92.4 Å². The van der Waals surface area contributed by atoms with E-state index in [1.807, 2.05) is 0 Å². The molecular formula is C29H55ClN2O6. The van der Waals surface area contributed by atoms with Crippen molar-refractivity contribution >= 4 is 17.9 Å². The summed E-state index contributed by atoms with van der Waals surface area (Å²) in [5.41, 5.74) is 1.22. The van der Waals surface area contributed by atoms with Gasteiger partial charge in [0.15, 0.2) is 0 Å². The maximum absolute atomic E-state index is 11.2. The van der Waals surface area contributed by atoms with Crippen LogP contribution in [0, 0.1) is 0 Å². The number of rotatable bonds is 15. The molecule has 0 atom stereocenters. The maximum Gasteiger partial charge on any atom is 0.333 e. The molecule has 224 valence electrons. The lowest BCUT2D eigenvalue weighted by Gasteiger charge is -2.35. The maximum atomic E-state index is 11.2. The van der Waals surface area contributed by atoms with Gasteiger partial charge in [-0.25, -0.2) is 9.59 Å². The molecule has 0 N–H and O–H groups in total. The number of aliphatic carboxylic acids is 1. The van der Waals surface area contributed by atoms with Gasteiger partial charge in [0.1, 0.15) is 26.3 Å². The van der Waals surface area contributed by atoms with Crippen LogP contribution in [-0.2, 0) is 23.9 Å². The first kappa shape index (κ1) is 42.9. The molecular weight excluding hydrogens is 508 g/mol. The average molecular weight is 563 g/mol. The quantitative estimate of drug-likeness (QED) is 0.165. The molecule has 0 aliphatic rings. The number of hydrogen-bond donors (Lipinski definition) is 0. The summed E-state index contributed by atoms with van der Waals surface area (Å²) in [4.78, 5) is 32.1. The molecule has 0 heterocycles. The molecule has 0 aromatic rings. The normalized spacial score (nSPS) is 10.9. The van der Waals surface area contributed by atoms with E-state index < -0.39 is 5.97 Å². The topological polar surface area (TPSA) is 92.7 Å². The molecule has 0 bridgehead atoms. The summed E-state index contributed by atoms with van der Waals surface area (Å²) in [6.07, 6.45) is 1.50. The number of halogens is 1. The predicted molar refractivity (Wildman–Crippen MR) is 149 cm³/mol. The number of likely N-dealkylation sites (N-methyl/N-ethyl adjacent to an activating group) is 2. The van der Waals surface area contributed by atoms with Crippen molar-refractivity contribution in [2.45, 2.75) is 69.2 Å². The van der Waals surface area contributed by atoms with Gasteiger partial charge in [-0.05, 0) is 74.8 Å². The van der Waals surface area contributed by atoms with Crippen molar-refractivity contribution in [1.29, 1.82) is 0 Å². The first-order valence-electron chi connectivity index (χ1n) is 13.4. The number of nitrogens with zero attached hydrogens (tertiary/aromatic N) is 2. The van der Waals surface area contributed by atoms with E-state index in [0.29, 0.717) is 24.4 Å². The van der Waals surface area contributed by atoms with E-state index in [9.17, 15) is 19.5 Å². The lowest BCUT2D eigenvalue weighted by Crippen LogP contribution is -3.00. The number of carboxylic acids is 1. The molecule has 0 spiro atoms. The molecule has 0 fully saturated rings. The smallest absolute Gasteiger partial charge is 0.333 e. The molecule has 8 nitrogen and oxygen atoms in total. The van der Waals surface area contributed by atoms with Gasteiger partial charge in [0.2, 0.25) is 0 Å². The summed E-state index contributed by atoms with van der Waals surface area (Å²) < 4.78 is 12.2. The third kappa shape index (κ3) is 19.0. The van der Waals surface area contributed by atoms with E-state index in [0.717, 1.165) is 61.3 Å². The summed E-state index contributed by atoms with van der Waals surface area (Å²) in [6, 6.07) is 0. The van der Waals surface area contributed by atoms with E-state index >= 15 is 0 Å². The fraction of sp³-hybridized carbons (Fsp3) is 0.690. The largest absolute Gasteiger partial charge is 1.00 e. The molecule has 0 aliphatic heterocycles. The third-order valence-corrected chi connectivity index (χ3v) is 7.07. The molecule has 0 unspecified atom stereocenters. The second kappa shape index (κ2) is 23.9. The first-order chi connectivity index (χ1) is 17.2. The van der Waals surface area contributed by atoms with Gasteiger partial charge in [-0.3, -0.25) is 0 Å². The van der Waals surface area contributed by atoms with Gasteiger partial charge in [-0.2, -0.15) is 0 Å². The predicted octanol–water partition coefficient (Wildman–Crippen LogP) is 0.671. The fourth-order valence-electron chi connectivity index (χ4n) is 3.32. The van der Waals surface area contributed by atoms with E-state index in [2.05, 4.69) is 54.7 Å². The van der Waals surface area contributed by atoms with Crippen molar-refractivity contribution in [3.05, 3.63) is 36.0 Å². The second-order valence-corrected chi connectivity index (χ2v) is 9.12. The van der Waals surface area contributed by atoms with Crippen LogP contribution in [0.25, 0.3) is 0 Å². The van der Waals surface area contributed by atoms with E-state index in [-0.39, 0.29) is 29.9 Å². The monoisotopic (exact) mass is 562 g/mol. The van der Waals surface area contributed by atoms with Gasteiger partial charge < -0.3 is 40.7 Å². The zero-order chi connectivity index (χ0) is 29.7. The summed E-state index contributed by atoms with van der Waals surface area (Å²) in [5.74, 6) is -1.66. The minimum atomic E-state index is -1.09. The van der Waals surface area contributed by atoms with Gasteiger partial charge in [-0.1, -0.05) is 19.2 Å². The molecule has 0 aromatic carbocycles. The SMILES string of the molecule is C=C(C)C(=O)OCC[N+](CC)(CC)CC.C=C(C)C(=O)OCC[N+](CC)(CC)CC.CC=C(C)C(=O)[O-].[Cl-]. The molecule has 0 saturated carbocycles. The first-order valence-corrected chi connectivity index (χ1v) is 13.4. The van der Waals surface area contributed by atoms with Gasteiger partial charge in [0, 0.05) is 11.1 Å². The Kier molecular flexibility index (Phi) is 27.0. The standard InChI is InChI=1S/2C12H24NO2.C5H8O2.ClH/c2*1-6-13(7-2,8-3)9-10-15-12(14)11(4)5;1-3-4(2)5(6)7;/h2*4,6-10H2,1-3,5H3;3H,1-2H3,(H,6,7);1H/q2*+1;;/p-2. The molecule has 0 aliphatic carbocycles. The van der Waals surface area contributed by atoms with Crippen LogP contribution in [0.2, 0.25) is 0 Å². The lowest BCUT2D eigenvalue weighted by atomic mass is 10.3. The van der Waals surface area contributed by atoms with Crippen LogP contribution in [0.4, 0.5) is 0 Å². The number of hydrogen-bond acceptors (Lipinski definition) is 6. The van der Waals surface area contributed by atoms with Crippen LogP contribution >= 0.6 is 0 Å². The number of carbonyl (C=O) groups excluding carboxylic acids is 3. The highest BCUT2D eigenvalue weighted by molar-refractivity contribution is 5.87. The zero-order valence-corrected chi connectivity index (χ0v) is 26.5. The summed E-state index contributed by atoms with van der Waals surface area (Å²) in [5, 5.41) is 9.75. The van der Waals surface area contributed by atoms with Crippen molar-refractivity contribution in [3.8, 4) is 0 Å². The zero-order valence-electron chi connectivity index (χ0n) is 25.8. The van der Waals surface area contributed by atoms with Crippen LogP contribution in [0.3, 0.4) is 0 Å². The molecule has 0 saturated heterocycles. The number of ether oxygens (including phenoxy) is 2. The average Bonchev–Trinajstić information content (AvgIpc) is 2.89. The Bertz CT molecular complexity index is 677. The van der Waals surface area contributed by atoms with Gasteiger partial charge >= 0.3 is 11.9 Å². The number of carboxylic acid groups (broad SMARTS) is 1. The Morgan fingerprint density at radius 3 is 1.08 bits per heavy atom. The molecule has 38 heavy (non-hydrogen) atoms. The van der Waals surface area contributed by atoms with E-state index in [1.165, 1.54) is 13.0 Å². The summed E-state index contributed by atoms with van der Waals surface area (Å²) in [7, 11) is 0. The van der Waals surface area contributed by atoms with Crippen LogP contribution in [0.5, 0.6) is 0 Å². The van der Waals surface area contributed by atoms with Crippen LogP contribution in [0.15, 0.2) is 36.0 Å². The van der Waals surface area contributed by atoms with Gasteiger partial charge in [-0.15, -0.1) is 0 Å². The Morgan fingerprint density at radius 2 is 0.947 bits per heavy atom. The minimum absolute atomic E-state index is 0. The van der Waals surface area contributed by atoms with Crippen molar-refractivity contribution in [2.75, 3.05) is 65.6 Å². The van der Waals surface area contributed by atoms with Crippen LogP contribution in [0.1, 0.15) is 69.2 Å². The molecule has 0 rings (SSSR count). The Hall–Kier alpha value is -2.16. The number of allylic oxidation sites excluding steroid dienone is 1. The number of carbonyl (C=O) groups is 3. The van der Waals surface area contributed by atoms with Crippen molar-refractivity contribution < 1.29 is 50.3 Å². The Morgan fingerprint density at radius 1 is 0.684 bits per heavy atom. The van der Waals surface area contributed by atoms with Crippen LogP contribution < -0.4 is 17.5 Å². The minimum Gasteiger partial charge on any atom is -1.00 e. The van der Waals surface area contributed by atoms with Crippen molar-refractivity contribution in [3.63, 3.8) is 0 Å². The molecule has 0 radical (unpaired) electrons. The summed E-state index contributed by atoms with van der Waals surface area (Å²) in [6.45, 7) is 35.9. The fourth-order valence-corrected chi connectivity index (χ4v) is 3.32. The van der Waals surface area contributed by atoms with Crippen molar-refractivity contribution in [2.24, 2.45) is 0 Å². The van der Waals surface area contributed by atoms with Crippen molar-refractivity contribution in [1.82, 2.24) is 0 Å². The van der Waals surface area contributed by atoms with Gasteiger partial charge in [0.05, 0.1) is 45.2 Å². The summed E-state index contributed by atoms with van der Waals surface area (Å²) >= 11 is 0. The third-order valence-electron chi connectivity index (χ3n) is 7.07. The van der Waals surface area contributed by atoms with E-state index in [1.54, 1.807) is 20.8 Å². The molecule has 0 amide bonds. The number of quaternary nitrogens is 2. The molecule has 0 aromatic heterocycles. The highest BCUT2D eigenvalue weighted by Gasteiger charge is 2.21. The lowest BCUT2D eigenvalue weighted by molar-refractivity contribution is -0.923. The van der Waals surface area contributed by atoms with Gasteiger partial charge in [0.25, 0.3) is 0 Å². The molecule has 9 heteroatoms. The highest BCUT2D eigenvalue weighted by Crippen LogP contribution is 2.06.